The number of carbonyl (C=O) groups is 1. The number of aryl methyl sites for hydroxylation is 1. The zero-order valence-corrected chi connectivity index (χ0v) is 15.7. The lowest BCUT2D eigenvalue weighted by atomic mass is 10.1. The minimum Gasteiger partial charge on any atom is -0.339 e. The zero-order valence-electron chi connectivity index (χ0n) is 14.1. The molecular formula is C18H18ClFN2O3S. The van der Waals surface area contributed by atoms with E-state index < -0.39 is 20.7 Å². The van der Waals surface area contributed by atoms with Crippen LogP contribution in [0.1, 0.15) is 28.8 Å². The number of likely N-dealkylation sites (tertiary alicyclic amines) is 1. The molecule has 5 nitrogen and oxygen atoms in total. The molecular weight excluding hydrogens is 379 g/mol. The highest BCUT2D eigenvalue weighted by Gasteiger charge is 2.26. The van der Waals surface area contributed by atoms with Crippen LogP contribution in [-0.2, 0) is 10.0 Å². The van der Waals surface area contributed by atoms with Crippen molar-refractivity contribution in [2.75, 3.05) is 17.8 Å². The van der Waals surface area contributed by atoms with Crippen molar-refractivity contribution in [2.24, 2.45) is 0 Å². The Morgan fingerprint density at radius 1 is 1.15 bits per heavy atom. The third-order valence-corrected chi connectivity index (χ3v) is 5.84. The standard InChI is InChI=1S/C18H18ClFN2O3S/c1-12-4-6-15(20)17(10-12)26(24,25)21-16-7-5-13(19)11-14(16)18(23)22-8-2-3-9-22/h4-7,10-11,21H,2-3,8-9H2,1H3. The van der Waals surface area contributed by atoms with Crippen LogP contribution in [0.25, 0.3) is 0 Å². The van der Waals surface area contributed by atoms with Gasteiger partial charge < -0.3 is 4.90 Å². The zero-order chi connectivity index (χ0) is 18.9. The highest BCUT2D eigenvalue weighted by atomic mass is 35.5. The molecule has 0 bridgehead atoms. The van der Waals surface area contributed by atoms with Gasteiger partial charge in [-0.05, 0) is 55.7 Å². The number of sulfonamides is 1. The Hall–Kier alpha value is -2.12. The molecule has 1 N–H and O–H groups in total. The van der Waals surface area contributed by atoms with E-state index in [4.69, 9.17) is 11.6 Å². The van der Waals surface area contributed by atoms with Crippen LogP contribution in [-0.4, -0.2) is 32.3 Å². The molecule has 1 amide bonds. The molecule has 0 atom stereocenters. The number of anilines is 1. The molecule has 1 saturated heterocycles. The highest BCUT2D eigenvalue weighted by molar-refractivity contribution is 7.92. The molecule has 0 spiro atoms. The van der Waals surface area contributed by atoms with Gasteiger partial charge in [0.05, 0.1) is 11.3 Å². The van der Waals surface area contributed by atoms with Crippen molar-refractivity contribution < 1.29 is 17.6 Å². The van der Waals surface area contributed by atoms with Gasteiger partial charge >= 0.3 is 0 Å². The second kappa shape index (κ2) is 7.25. The number of benzene rings is 2. The molecule has 1 fully saturated rings. The van der Waals surface area contributed by atoms with Crippen molar-refractivity contribution >= 4 is 33.2 Å². The first-order valence-electron chi connectivity index (χ1n) is 8.16. The van der Waals surface area contributed by atoms with Crippen molar-refractivity contribution in [2.45, 2.75) is 24.7 Å². The second-order valence-corrected chi connectivity index (χ2v) is 8.32. The predicted molar refractivity (Wildman–Crippen MR) is 98.5 cm³/mol. The Bertz CT molecular complexity index is 957. The topological polar surface area (TPSA) is 66.5 Å². The first kappa shape index (κ1) is 18.7. The van der Waals surface area contributed by atoms with Crippen LogP contribution in [0.3, 0.4) is 0 Å². The van der Waals surface area contributed by atoms with Gasteiger partial charge in [-0.25, -0.2) is 12.8 Å². The van der Waals surface area contributed by atoms with E-state index >= 15 is 0 Å². The SMILES string of the molecule is Cc1ccc(F)c(S(=O)(=O)Nc2ccc(Cl)cc2C(=O)N2CCCC2)c1. The summed E-state index contributed by atoms with van der Waals surface area (Å²) in [5, 5.41) is 0.317. The first-order valence-corrected chi connectivity index (χ1v) is 10.0. The number of halogens is 2. The molecule has 26 heavy (non-hydrogen) atoms. The van der Waals surface area contributed by atoms with Gasteiger partial charge in [-0.1, -0.05) is 17.7 Å². The largest absolute Gasteiger partial charge is 0.339 e. The average molecular weight is 397 g/mol. The van der Waals surface area contributed by atoms with Gasteiger partial charge in [0, 0.05) is 18.1 Å². The quantitative estimate of drug-likeness (QED) is 0.854. The van der Waals surface area contributed by atoms with Crippen molar-refractivity contribution in [1.29, 1.82) is 0 Å². The molecule has 2 aromatic carbocycles. The van der Waals surface area contributed by atoms with E-state index in [2.05, 4.69) is 4.72 Å². The number of hydrogen-bond acceptors (Lipinski definition) is 3. The number of carbonyl (C=O) groups excluding carboxylic acids is 1. The normalized spacial score (nSPS) is 14.5. The van der Waals surface area contributed by atoms with Gasteiger partial charge in [0.15, 0.2) is 0 Å². The van der Waals surface area contributed by atoms with Crippen LogP contribution in [0.15, 0.2) is 41.3 Å². The lowest BCUT2D eigenvalue weighted by Gasteiger charge is -2.19. The highest BCUT2D eigenvalue weighted by Crippen LogP contribution is 2.27. The van der Waals surface area contributed by atoms with Gasteiger partial charge in [0.25, 0.3) is 15.9 Å². The van der Waals surface area contributed by atoms with E-state index in [1.807, 2.05) is 0 Å². The molecule has 0 radical (unpaired) electrons. The maximum absolute atomic E-state index is 14.0. The number of amides is 1. The summed E-state index contributed by atoms with van der Waals surface area (Å²) in [7, 11) is -4.20. The van der Waals surface area contributed by atoms with Gasteiger partial charge in [-0.15, -0.1) is 0 Å². The molecule has 8 heteroatoms. The lowest BCUT2D eigenvalue weighted by molar-refractivity contribution is 0.0794. The molecule has 1 aliphatic heterocycles. The third-order valence-electron chi connectivity index (χ3n) is 4.23. The molecule has 3 rings (SSSR count). The molecule has 1 heterocycles. The number of nitrogens with one attached hydrogen (secondary N) is 1. The third kappa shape index (κ3) is 3.83. The van der Waals surface area contributed by atoms with Crippen molar-refractivity contribution in [3.05, 3.63) is 58.4 Å². The van der Waals surface area contributed by atoms with E-state index in [1.54, 1.807) is 11.8 Å². The van der Waals surface area contributed by atoms with E-state index in [9.17, 15) is 17.6 Å². The summed E-state index contributed by atoms with van der Waals surface area (Å²) in [6.45, 7) is 2.90. The molecule has 0 aromatic heterocycles. The van der Waals surface area contributed by atoms with Gasteiger partial charge in [0.1, 0.15) is 10.7 Å². The minimum atomic E-state index is -4.20. The lowest BCUT2D eigenvalue weighted by Crippen LogP contribution is -2.29. The summed E-state index contributed by atoms with van der Waals surface area (Å²) in [4.78, 5) is 13.9. The Morgan fingerprint density at radius 2 is 1.85 bits per heavy atom. The second-order valence-electron chi connectivity index (χ2n) is 6.23. The molecule has 0 aliphatic carbocycles. The average Bonchev–Trinajstić information content (AvgIpc) is 3.12. The van der Waals surface area contributed by atoms with Crippen LogP contribution in [0.5, 0.6) is 0 Å². The fourth-order valence-corrected chi connectivity index (χ4v) is 4.30. The first-order chi connectivity index (χ1) is 12.3. The molecule has 1 aliphatic rings. The Morgan fingerprint density at radius 3 is 2.54 bits per heavy atom. The Balaban J connectivity index is 1.99. The summed E-state index contributed by atoms with van der Waals surface area (Å²) in [6, 6.07) is 8.15. The van der Waals surface area contributed by atoms with Crippen LogP contribution >= 0.6 is 11.6 Å². The van der Waals surface area contributed by atoms with Crippen molar-refractivity contribution in [3.63, 3.8) is 0 Å². The van der Waals surface area contributed by atoms with Crippen LogP contribution < -0.4 is 4.72 Å². The summed E-state index contributed by atoms with van der Waals surface area (Å²) in [6.07, 6.45) is 1.81. The van der Waals surface area contributed by atoms with Crippen LogP contribution in [0.2, 0.25) is 5.02 Å². The predicted octanol–water partition coefficient (Wildman–Crippen LogP) is 3.82. The number of hydrogen-bond donors (Lipinski definition) is 1. The van der Waals surface area contributed by atoms with Crippen LogP contribution in [0.4, 0.5) is 10.1 Å². The van der Waals surface area contributed by atoms with E-state index in [-0.39, 0.29) is 17.2 Å². The van der Waals surface area contributed by atoms with E-state index in [1.165, 1.54) is 30.3 Å². The summed E-state index contributed by atoms with van der Waals surface area (Å²) < 4.78 is 41.6. The van der Waals surface area contributed by atoms with Gasteiger partial charge in [-0.2, -0.15) is 0 Å². The maximum atomic E-state index is 14.0. The monoisotopic (exact) mass is 396 g/mol. The van der Waals surface area contributed by atoms with E-state index in [0.29, 0.717) is 23.7 Å². The van der Waals surface area contributed by atoms with E-state index in [0.717, 1.165) is 18.9 Å². The molecule has 2 aromatic rings. The molecule has 0 saturated carbocycles. The smallest absolute Gasteiger partial charge is 0.264 e. The molecule has 0 unspecified atom stereocenters. The van der Waals surface area contributed by atoms with Gasteiger partial charge in [0.2, 0.25) is 0 Å². The minimum absolute atomic E-state index is 0.0761. The number of rotatable bonds is 4. The Kier molecular flexibility index (Phi) is 5.20. The molecule has 138 valence electrons. The summed E-state index contributed by atoms with van der Waals surface area (Å²) in [5.74, 6) is -1.16. The fourth-order valence-electron chi connectivity index (χ4n) is 2.89. The summed E-state index contributed by atoms with van der Waals surface area (Å²) >= 11 is 5.99. The number of nitrogens with zero attached hydrogens (tertiary/aromatic N) is 1. The van der Waals surface area contributed by atoms with Crippen LogP contribution in [0, 0.1) is 12.7 Å². The van der Waals surface area contributed by atoms with Crippen molar-refractivity contribution in [3.8, 4) is 0 Å². The van der Waals surface area contributed by atoms with Crippen molar-refractivity contribution in [1.82, 2.24) is 4.90 Å². The van der Waals surface area contributed by atoms with Gasteiger partial charge in [-0.3, -0.25) is 9.52 Å². The Labute approximate surface area is 156 Å². The maximum Gasteiger partial charge on any atom is 0.264 e. The fraction of sp³-hybridized carbons (Fsp3) is 0.278. The summed E-state index contributed by atoms with van der Waals surface area (Å²) in [5.41, 5.74) is 0.833.